The Morgan fingerprint density at radius 1 is 1.00 bits per heavy atom. The van der Waals surface area contributed by atoms with Crippen molar-refractivity contribution in [2.24, 2.45) is 0 Å². The third-order valence-corrected chi connectivity index (χ3v) is 4.01. The molecule has 0 aliphatic heterocycles. The van der Waals surface area contributed by atoms with Crippen molar-refractivity contribution >= 4 is 24.0 Å². The van der Waals surface area contributed by atoms with Crippen molar-refractivity contribution in [2.45, 2.75) is 39.2 Å². The fourth-order valence-corrected chi connectivity index (χ4v) is 2.49. The number of hydrogen-bond donors (Lipinski definition) is 1. The van der Waals surface area contributed by atoms with Gasteiger partial charge in [0.15, 0.2) is 0 Å². The molecule has 0 radical (unpaired) electrons. The zero-order chi connectivity index (χ0) is 16.2. The van der Waals surface area contributed by atoms with Gasteiger partial charge in [-0.1, -0.05) is 62.7 Å². The van der Waals surface area contributed by atoms with Crippen LogP contribution in [-0.4, -0.2) is 6.54 Å². The molecule has 0 atom stereocenters. The molecule has 126 valence electrons. The Balaban J connectivity index is 0.00000264. The Labute approximate surface area is 149 Å². The van der Waals surface area contributed by atoms with Crippen molar-refractivity contribution < 1.29 is 4.39 Å². The smallest absolute Gasteiger partial charge is 0.141 e. The molecule has 0 spiro atoms. The molecule has 4 heteroatoms. The molecular formula is C19H24Cl2FN. The van der Waals surface area contributed by atoms with Gasteiger partial charge in [-0.15, -0.1) is 12.4 Å². The number of nitrogens with one attached hydrogen (secondary N) is 1. The van der Waals surface area contributed by atoms with Crippen molar-refractivity contribution in [3.8, 4) is 0 Å². The first-order valence-corrected chi connectivity index (χ1v) is 7.98. The van der Waals surface area contributed by atoms with E-state index in [4.69, 9.17) is 11.6 Å². The van der Waals surface area contributed by atoms with Gasteiger partial charge < -0.3 is 5.32 Å². The highest BCUT2D eigenvalue weighted by molar-refractivity contribution is 6.30. The Morgan fingerprint density at radius 2 is 1.61 bits per heavy atom. The summed E-state index contributed by atoms with van der Waals surface area (Å²) in [6.45, 7) is 8.32. The van der Waals surface area contributed by atoms with Gasteiger partial charge in [-0.3, -0.25) is 0 Å². The monoisotopic (exact) mass is 355 g/mol. The average Bonchev–Trinajstić information content (AvgIpc) is 2.47. The van der Waals surface area contributed by atoms with Gasteiger partial charge in [-0.25, -0.2) is 4.39 Å². The van der Waals surface area contributed by atoms with Crippen LogP contribution in [-0.2, 0) is 18.4 Å². The van der Waals surface area contributed by atoms with Gasteiger partial charge in [0.1, 0.15) is 5.82 Å². The Morgan fingerprint density at radius 3 is 2.17 bits per heavy atom. The zero-order valence-corrected chi connectivity index (χ0v) is 15.4. The van der Waals surface area contributed by atoms with E-state index in [0.717, 1.165) is 25.1 Å². The molecule has 2 aromatic rings. The van der Waals surface area contributed by atoms with Gasteiger partial charge in [0, 0.05) is 6.54 Å². The highest BCUT2D eigenvalue weighted by Crippen LogP contribution is 2.22. The molecular weight excluding hydrogens is 332 g/mol. The molecule has 0 saturated heterocycles. The second-order valence-corrected chi connectivity index (χ2v) is 7.03. The lowest BCUT2D eigenvalue weighted by Gasteiger charge is -2.19. The minimum atomic E-state index is -0.364. The quantitative estimate of drug-likeness (QED) is 0.695. The summed E-state index contributed by atoms with van der Waals surface area (Å²) in [5.74, 6) is -0.364. The number of benzene rings is 2. The van der Waals surface area contributed by atoms with Crippen LogP contribution in [0.4, 0.5) is 4.39 Å². The Hall–Kier alpha value is -1.09. The van der Waals surface area contributed by atoms with Crippen LogP contribution < -0.4 is 5.32 Å². The summed E-state index contributed by atoms with van der Waals surface area (Å²) >= 11 is 5.78. The van der Waals surface area contributed by atoms with Crippen LogP contribution >= 0.6 is 24.0 Å². The standard InChI is InChI=1S/C19H23ClFN.ClH/c1-19(2,3)16-7-4-15(5-8-16)13-22-11-10-14-6-9-18(21)17(20)12-14;/h4-9,12,22H,10-11,13H2,1-3H3;1H. The summed E-state index contributed by atoms with van der Waals surface area (Å²) < 4.78 is 13.1. The minimum Gasteiger partial charge on any atom is -0.312 e. The lowest BCUT2D eigenvalue weighted by atomic mass is 9.87. The minimum absolute atomic E-state index is 0. The molecule has 0 saturated carbocycles. The number of halogens is 3. The molecule has 23 heavy (non-hydrogen) atoms. The maximum absolute atomic E-state index is 13.1. The van der Waals surface area contributed by atoms with Crippen LogP contribution in [0.5, 0.6) is 0 Å². The van der Waals surface area contributed by atoms with Crippen LogP contribution in [0.1, 0.15) is 37.5 Å². The summed E-state index contributed by atoms with van der Waals surface area (Å²) in [5.41, 5.74) is 3.85. The normalized spacial score (nSPS) is 11.2. The molecule has 2 rings (SSSR count). The Bertz CT molecular complexity index is 618. The van der Waals surface area contributed by atoms with Crippen LogP contribution in [0.25, 0.3) is 0 Å². The second kappa shape index (κ2) is 8.68. The van der Waals surface area contributed by atoms with E-state index in [-0.39, 0.29) is 28.7 Å². The van der Waals surface area contributed by atoms with Crippen LogP contribution in [0.2, 0.25) is 5.02 Å². The maximum Gasteiger partial charge on any atom is 0.141 e. The highest BCUT2D eigenvalue weighted by Gasteiger charge is 2.12. The molecule has 0 aliphatic carbocycles. The van der Waals surface area contributed by atoms with Gasteiger partial charge in [0.2, 0.25) is 0 Å². The molecule has 1 nitrogen and oxygen atoms in total. The van der Waals surface area contributed by atoms with Crippen molar-refractivity contribution in [1.82, 2.24) is 5.32 Å². The van der Waals surface area contributed by atoms with Crippen molar-refractivity contribution in [3.05, 3.63) is 70.0 Å². The highest BCUT2D eigenvalue weighted by atomic mass is 35.5. The fraction of sp³-hybridized carbons (Fsp3) is 0.368. The van der Waals surface area contributed by atoms with Gasteiger partial charge in [0.25, 0.3) is 0 Å². The van der Waals surface area contributed by atoms with Crippen molar-refractivity contribution in [1.29, 1.82) is 0 Å². The van der Waals surface area contributed by atoms with Gasteiger partial charge >= 0.3 is 0 Å². The Kier molecular flexibility index (Phi) is 7.53. The van der Waals surface area contributed by atoms with Gasteiger partial charge in [0.05, 0.1) is 5.02 Å². The molecule has 0 heterocycles. The molecule has 1 N–H and O–H groups in total. The predicted octanol–water partition coefficient (Wildman–Crippen LogP) is 5.53. The van der Waals surface area contributed by atoms with E-state index >= 15 is 0 Å². The zero-order valence-electron chi connectivity index (χ0n) is 13.8. The van der Waals surface area contributed by atoms with Crippen LogP contribution in [0.3, 0.4) is 0 Å². The second-order valence-electron chi connectivity index (χ2n) is 6.62. The topological polar surface area (TPSA) is 12.0 Å². The van der Waals surface area contributed by atoms with E-state index in [1.54, 1.807) is 12.1 Å². The van der Waals surface area contributed by atoms with E-state index in [1.807, 2.05) is 0 Å². The third kappa shape index (κ3) is 6.14. The largest absolute Gasteiger partial charge is 0.312 e. The summed E-state index contributed by atoms with van der Waals surface area (Å²) in [6, 6.07) is 13.6. The van der Waals surface area contributed by atoms with E-state index in [1.165, 1.54) is 17.2 Å². The van der Waals surface area contributed by atoms with Gasteiger partial charge in [-0.05, 0) is 47.2 Å². The molecule has 0 aliphatic rings. The maximum atomic E-state index is 13.1. The summed E-state index contributed by atoms with van der Waals surface area (Å²) in [4.78, 5) is 0. The van der Waals surface area contributed by atoms with Gasteiger partial charge in [-0.2, -0.15) is 0 Å². The summed E-state index contributed by atoms with van der Waals surface area (Å²) in [5, 5.41) is 3.60. The van der Waals surface area contributed by atoms with Crippen molar-refractivity contribution in [2.75, 3.05) is 6.54 Å². The average molecular weight is 356 g/mol. The first kappa shape index (κ1) is 20.0. The van der Waals surface area contributed by atoms with Crippen LogP contribution in [0, 0.1) is 5.82 Å². The van der Waals surface area contributed by atoms with E-state index < -0.39 is 0 Å². The fourth-order valence-electron chi connectivity index (χ4n) is 2.28. The molecule has 0 bridgehead atoms. The SMILES string of the molecule is CC(C)(C)c1ccc(CNCCc2ccc(F)c(Cl)c2)cc1.Cl. The van der Waals surface area contributed by atoms with E-state index in [0.29, 0.717) is 0 Å². The first-order valence-electron chi connectivity index (χ1n) is 7.60. The number of hydrogen-bond acceptors (Lipinski definition) is 1. The lowest BCUT2D eigenvalue weighted by molar-refractivity contribution is 0.589. The molecule has 2 aromatic carbocycles. The first-order chi connectivity index (χ1) is 10.4. The molecule has 0 unspecified atom stereocenters. The summed E-state index contributed by atoms with van der Waals surface area (Å²) in [6.07, 6.45) is 0.833. The third-order valence-electron chi connectivity index (χ3n) is 3.72. The number of rotatable bonds is 5. The molecule has 0 fully saturated rings. The van der Waals surface area contributed by atoms with E-state index in [9.17, 15) is 4.39 Å². The predicted molar refractivity (Wildman–Crippen MR) is 99.2 cm³/mol. The van der Waals surface area contributed by atoms with Crippen molar-refractivity contribution in [3.63, 3.8) is 0 Å². The lowest BCUT2D eigenvalue weighted by Crippen LogP contribution is -2.17. The van der Waals surface area contributed by atoms with E-state index in [2.05, 4.69) is 50.4 Å². The van der Waals surface area contributed by atoms with Crippen LogP contribution in [0.15, 0.2) is 42.5 Å². The molecule has 0 aromatic heterocycles. The molecule has 0 amide bonds. The summed E-state index contributed by atoms with van der Waals surface area (Å²) in [7, 11) is 0.